The summed E-state index contributed by atoms with van der Waals surface area (Å²) in [5, 5.41) is 8.37. The number of hydrogen-bond acceptors (Lipinski definition) is 5. The highest BCUT2D eigenvalue weighted by atomic mass is 32.2. The maximum Gasteiger partial charge on any atom is 0.265 e. The van der Waals surface area contributed by atoms with Gasteiger partial charge >= 0.3 is 0 Å². The van der Waals surface area contributed by atoms with Crippen molar-refractivity contribution in [1.82, 2.24) is 5.32 Å². The van der Waals surface area contributed by atoms with E-state index in [0.29, 0.717) is 29.1 Å². The summed E-state index contributed by atoms with van der Waals surface area (Å²) in [6.45, 7) is 1.67. The zero-order valence-electron chi connectivity index (χ0n) is 16.2. The van der Waals surface area contributed by atoms with Crippen molar-refractivity contribution in [1.29, 1.82) is 0 Å². The standard InChI is InChI=1S/C21H23N3O4S/c1-13-19(25)24-17-12-15(8-9-18(17)28-13)22-21(27)16(10-11-29-2)23-20(26)14-6-4-3-5-7-14/h3-9,12-13,16H,10-11H2,1-2H3,(H,22,27)(H,23,26)(H,24,25)/t13-,16+/m1/s1. The molecule has 152 valence electrons. The number of carbonyl (C=O) groups excluding carboxylic acids is 3. The fourth-order valence-corrected chi connectivity index (χ4v) is 3.32. The zero-order chi connectivity index (χ0) is 20.8. The van der Waals surface area contributed by atoms with Gasteiger partial charge in [0.1, 0.15) is 11.8 Å². The van der Waals surface area contributed by atoms with E-state index in [2.05, 4.69) is 16.0 Å². The monoisotopic (exact) mass is 413 g/mol. The van der Waals surface area contributed by atoms with Gasteiger partial charge in [0.25, 0.3) is 11.8 Å². The molecule has 8 heteroatoms. The van der Waals surface area contributed by atoms with Gasteiger partial charge in [-0.2, -0.15) is 11.8 Å². The normalized spacial score (nSPS) is 16.1. The summed E-state index contributed by atoms with van der Waals surface area (Å²) in [5.74, 6) is 0.408. The number of fused-ring (bicyclic) bond motifs is 1. The number of ether oxygens (including phenoxy) is 1. The molecule has 3 N–H and O–H groups in total. The van der Waals surface area contributed by atoms with Gasteiger partial charge in [0.2, 0.25) is 5.91 Å². The van der Waals surface area contributed by atoms with Crippen LogP contribution in [0.1, 0.15) is 23.7 Å². The summed E-state index contributed by atoms with van der Waals surface area (Å²) < 4.78 is 5.52. The van der Waals surface area contributed by atoms with Crippen molar-refractivity contribution in [2.24, 2.45) is 0 Å². The highest BCUT2D eigenvalue weighted by molar-refractivity contribution is 7.98. The van der Waals surface area contributed by atoms with Gasteiger partial charge in [-0.1, -0.05) is 18.2 Å². The van der Waals surface area contributed by atoms with E-state index in [1.54, 1.807) is 61.2 Å². The SMILES string of the molecule is CSCC[C@H](NC(=O)c1ccccc1)C(=O)Nc1ccc2c(c1)NC(=O)[C@@H](C)O2. The van der Waals surface area contributed by atoms with E-state index in [4.69, 9.17) is 4.74 Å². The highest BCUT2D eigenvalue weighted by Crippen LogP contribution is 2.32. The number of rotatable bonds is 7. The van der Waals surface area contributed by atoms with Gasteiger partial charge in [-0.25, -0.2) is 0 Å². The summed E-state index contributed by atoms with van der Waals surface area (Å²) in [7, 11) is 0. The van der Waals surface area contributed by atoms with Crippen LogP contribution in [-0.2, 0) is 9.59 Å². The summed E-state index contributed by atoms with van der Waals surface area (Å²) in [5.41, 5.74) is 1.51. The Morgan fingerprint density at radius 2 is 1.97 bits per heavy atom. The van der Waals surface area contributed by atoms with Gasteiger partial charge < -0.3 is 20.7 Å². The Hall–Kier alpha value is -3.00. The van der Waals surface area contributed by atoms with Crippen molar-refractivity contribution in [3.63, 3.8) is 0 Å². The Morgan fingerprint density at radius 1 is 1.21 bits per heavy atom. The molecule has 0 fully saturated rings. The van der Waals surface area contributed by atoms with Gasteiger partial charge in [0.05, 0.1) is 5.69 Å². The fraction of sp³-hybridized carbons (Fsp3) is 0.286. The molecule has 0 spiro atoms. The molecular weight excluding hydrogens is 390 g/mol. The molecule has 1 aliphatic heterocycles. The number of benzene rings is 2. The molecule has 3 rings (SSSR count). The fourth-order valence-electron chi connectivity index (χ4n) is 2.85. The summed E-state index contributed by atoms with van der Waals surface area (Å²) in [6.07, 6.45) is 1.88. The van der Waals surface area contributed by atoms with Gasteiger partial charge in [-0.3, -0.25) is 14.4 Å². The molecule has 2 atom stereocenters. The predicted molar refractivity (Wildman–Crippen MR) is 114 cm³/mol. The van der Waals surface area contributed by atoms with E-state index in [0.717, 1.165) is 5.75 Å². The second-order valence-electron chi connectivity index (χ2n) is 6.62. The third kappa shape index (κ3) is 5.29. The topological polar surface area (TPSA) is 96.5 Å². The Labute approximate surface area is 173 Å². The lowest BCUT2D eigenvalue weighted by Crippen LogP contribution is -2.44. The molecule has 0 saturated carbocycles. The first-order valence-corrected chi connectivity index (χ1v) is 10.6. The van der Waals surface area contributed by atoms with Crippen LogP contribution in [0.25, 0.3) is 0 Å². The number of thioether (sulfide) groups is 1. The number of anilines is 2. The molecule has 2 aromatic rings. The van der Waals surface area contributed by atoms with Crippen LogP contribution in [0.3, 0.4) is 0 Å². The molecule has 2 aromatic carbocycles. The van der Waals surface area contributed by atoms with Crippen LogP contribution in [-0.4, -0.2) is 41.9 Å². The highest BCUT2D eigenvalue weighted by Gasteiger charge is 2.25. The van der Waals surface area contributed by atoms with Gasteiger partial charge in [0, 0.05) is 11.3 Å². The van der Waals surface area contributed by atoms with Crippen molar-refractivity contribution in [3.05, 3.63) is 54.1 Å². The quantitative estimate of drug-likeness (QED) is 0.649. The molecule has 0 radical (unpaired) electrons. The molecular formula is C21H23N3O4S. The lowest BCUT2D eigenvalue weighted by atomic mass is 10.1. The molecule has 0 saturated heterocycles. The minimum atomic E-state index is -0.683. The van der Waals surface area contributed by atoms with E-state index in [9.17, 15) is 14.4 Å². The van der Waals surface area contributed by atoms with Gasteiger partial charge in [-0.05, 0) is 55.7 Å². The Morgan fingerprint density at radius 3 is 2.69 bits per heavy atom. The molecule has 0 aliphatic carbocycles. The Bertz CT molecular complexity index is 904. The molecule has 0 aromatic heterocycles. The minimum Gasteiger partial charge on any atom is -0.479 e. The Balaban J connectivity index is 1.70. The average Bonchev–Trinajstić information content (AvgIpc) is 2.72. The number of carbonyl (C=O) groups is 3. The smallest absolute Gasteiger partial charge is 0.265 e. The zero-order valence-corrected chi connectivity index (χ0v) is 17.0. The van der Waals surface area contributed by atoms with Crippen LogP contribution >= 0.6 is 11.8 Å². The number of amides is 3. The first-order chi connectivity index (χ1) is 14.0. The van der Waals surface area contributed by atoms with Gasteiger partial charge in [0.15, 0.2) is 6.10 Å². The van der Waals surface area contributed by atoms with Crippen LogP contribution < -0.4 is 20.7 Å². The summed E-state index contributed by atoms with van der Waals surface area (Å²) in [6, 6.07) is 13.1. The number of nitrogens with one attached hydrogen (secondary N) is 3. The average molecular weight is 413 g/mol. The van der Waals surface area contributed by atoms with Crippen molar-refractivity contribution >= 4 is 40.9 Å². The molecule has 7 nitrogen and oxygen atoms in total. The largest absolute Gasteiger partial charge is 0.479 e. The summed E-state index contributed by atoms with van der Waals surface area (Å²) in [4.78, 5) is 37.1. The lowest BCUT2D eigenvalue weighted by Gasteiger charge is -2.24. The molecule has 1 heterocycles. The molecule has 29 heavy (non-hydrogen) atoms. The lowest BCUT2D eigenvalue weighted by molar-refractivity contribution is -0.122. The van der Waals surface area contributed by atoms with E-state index < -0.39 is 12.1 Å². The van der Waals surface area contributed by atoms with E-state index in [-0.39, 0.29) is 17.7 Å². The summed E-state index contributed by atoms with van der Waals surface area (Å²) >= 11 is 1.60. The molecule has 0 unspecified atom stereocenters. The van der Waals surface area contributed by atoms with Crippen LogP contribution in [0, 0.1) is 0 Å². The third-order valence-corrected chi connectivity index (χ3v) is 5.09. The second-order valence-corrected chi connectivity index (χ2v) is 7.61. The van der Waals surface area contributed by atoms with Crippen molar-refractivity contribution in [3.8, 4) is 5.75 Å². The first-order valence-electron chi connectivity index (χ1n) is 9.25. The Kier molecular flexibility index (Phi) is 6.77. The van der Waals surface area contributed by atoms with E-state index in [1.807, 2.05) is 12.3 Å². The molecule has 0 bridgehead atoms. The minimum absolute atomic E-state index is 0.242. The third-order valence-electron chi connectivity index (χ3n) is 4.45. The second kappa shape index (κ2) is 9.47. The molecule has 1 aliphatic rings. The maximum absolute atomic E-state index is 12.8. The van der Waals surface area contributed by atoms with Crippen LogP contribution in [0.5, 0.6) is 5.75 Å². The van der Waals surface area contributed by atoms with E-state index in [1.165, 1.54) is 0 Å². The van der Waals surface area contributed by atoms with E-state index >= 15 is 0 Å². The van der Waals surface area contributed by atoms with Crippen LogP contribution in [0.15, 0.2) is 48.5 Å². The maximum atomic E-state index is 12.8. The number of hydrogen-bond donors (Lipinski definition) is 3. The van der Waals surface area contributed by atoms with Crippen LogP contribution in [0.2, 0.25) is 0 Å². The first kappa shape index (κ1) is 20.7. The van der Waals surface area contributed by atoms with Crippen molar-refractivity contribution in [2.75, 3.05) is 22.6 Å². The van der Waals surface area contributed by atoms with Crippen LogP contribution in [0.4, 0.5) is 11.4 Å². The van der Waals surface area contributed by atoms with Crippen molar-refractivity contribution < 1.29 is 19.1 Å². The molecule has 3 amide bonds. The van der Waals surface area contributed by atoms with Crippen molar-refractivity contribution in [2.45, 2.75) is 25.5 Å². The van der Waals surface area contributed by atoms with Gasteiger partial charge in [-0.15, -0.1) is 0 Å². The predicted octanol–water partition coefficient (Wildman–Crippen LogP) is 2.90.